The van der Waals surface area contributed by atoms with Crippen molar-refractivity contribution in [2.45, 2.75) is 6.54 Å². The summed E-state index contributed by atoms with van der Waals surface area (Å²) in [6.45, 7) is 0.457. The number of hydrogen-bond donors (Lipinski definition) is 2. The number of pyridine rings is 1. The number of anilines is 1. The van der Waals surface area contributed by atoms with Crippen LogP contribution in [0, 0.1) is 0 Å². The average molecular weight is 285 g/mol. The summed E-state index contributed by atoms with van der Waals surface area (Å²) in [5.41, 5.74) is 2.55. The summed E-state index contributed by atoms with van der Waals surface area (Å²) in [5.74, 6) is 0. The number of aromatic nitrogens is 3. The molecule has 0 fully saturated rings. The van der Waals surface area contributed by atoms with Gasteiger partial charge in [0.1, 0.15) is 5.52 Å². The fourth-order valence-corrected chi connectivity index (χ4v) is 2.31. The van der Waals surface area contributed by atoms with Crippen molar-refractivity contribution in [1.82, 2.24) is 19.9 Å². The smallest absolute Gasteiger partial charge is 0.319 e. The number of amides is 2. The summed E-state index contributed by atoms with van der Waals surface area (Å²) >= 11 is 1.30. The molecule has 0 radical (unpaired) electrons. The van der Waals surface area contributed by atoms with Crippen molar-refractivity contribution in [2.75, 3.05) is 5.32 Å². The SMILES string of the molecule is O=C(NCc1ccncc1)Nc1ccc2nnsc2c1. The van der Waals surface area contributed by atoms with E-state index in [-0.39, 0.29) is 6.03 Å². The van der Waals surface area contributed by atoms with E-state index in [1.165, 1.54) is 11.5 Å². The van der Waals surface area contributed by atoms with Gasteiger partial charge in [0.15, 0.2) is 0 Å². The van der Waals surface area contributed by atoms with Gasteiger partial charge < -0.3 is 10.6 Å². The zero-order chi connectivity index (χ0) is 13.8. The van der Waals surface area contributed by atoms with Gasteiger partial charge in [-0.2, -0.15) is 0 Å². The first-order valence-corrected chi connectivity index (χ1v) is 6.74. The molecule has 3 rings (SSSR count). The van der Waals surface area contributed by atoms with Gasteiger partial charge in [-0.15, -0.1) is 5.10 Å². The lowest BCUT2D eigenvalue weighted by Gasteiger charge is -2.07. The Morgan fingerprint density at radius 2 is 2.05 bits per heavy atom. The molecular formula is C13H11N5OS. The van der Waals surface area contributed by atoms with Gasteiger partial charge in [-0.1, -0.05) is 4.49 Å². The second kappa shape index (κ2) is 5.62. The van der Waals surface area contributed by atoms with Crippen LogP contribution in [-0.4, -0.2) is 20.6 Å². The Balaban J connectivity index is 1.61. The minimum Gasteiger partial charge on any atom is -0.334 e. The Morgan fingerprint density at radius 3 is 2.90 bits per heavy atom. The quantitative estimate of drug-likeness (QED) is 0.774. The normalized spacial score (nSPS) is 10.4. The van der Waals surface area contributed by atoms with Crippen molar-refractivity contribution in [3.8, 4) is 0 Å². The summed E-state index contributed by atoms with van der Waals surface area (Å²) in [5, 5.41) is 9.51. The highest BCUT2D eigenvalue weighted by atomic mass is 32.1. The number of nitrogens with one attached hydrogen (secondary N) is 2. The lowest BCUT2D eigenvalue weighted by atomic mass is 10.3. The third-order valence-corrected chi connectivity index (χ3v) is 3.39. The number of nitrogens with zero attached hydrogens (tertiary/aromatic N) is 3. The summed E-state index contributed by atoms with van der Waals surface area (Å²) in [4.78, 5) is 15.7. The van der Waals surface area contributed by atoms with E-state index in [9.17, 15) is 4.79 Å². The molecule has 1 aromatic carbocycles. The predicted octanol–water partition coefficient (Wildman–Crippen LogP) is 2.41. The van der Waals surface area contributed by atoms with Crippen LogP contribution in [0.15, 0.2) is 42.7 Å². The molecular weight excluding hydrogens is 274 g/mol. The average Bonchev–Trinajstić information content (AvgIpc) is 2.94. The predicted molar refractivity (Wildman–Crippen MR) is 77.5 cm³/mol. The minimum atomic E-state index is -0.251. The van der Waals surface area contributed by atoms with Crippen LogP contribution in [0.1, 0.15) is 5.56 Å². The molecule has 0 spiro atoms. The summed E-state index contributed by atoms with van der Waals surface area (Å²) in [6.07, 6.45) is 3.39. The van der Waals surface area contributed by atoms with Gasteiger partial charge in [0.2, 0.25) is 0 Å². The maximum atomic E-state index is 11.8. The third-order valence-electron chi connectivity index (χ3n) is 2.71. The van der Waals surface area contributed by atoms with E-state index < -0.39 is 0 Å². The number of carbonyl (C=O) groups is 1. The Bertz CT molecular complexity index is 728. The Labute approximate surface area is 119 Å². The largest absolute Gasteiger partial charge is 0.334 e. The van der Waals surface area contributed by atoms with Gasteiger partial charge >= 0.3 is 6.03 Å². The number of hydrogen-bond acceptors (Lipinski definition) is 5. The zero-order valence-electron chi connectivity index (χ0n) is 10.4. The first-order valence-electron chi connectivity index (χ1n) is 5.97. The molecule has 100 valence electrons. The molecule has 2 amide bonds. The molecule has 0 unspecified atom stereocenters. The van der Waals surface area contributed by atoms with E-state index in [2.05, 4.69) is 25.2 Å². The third kappa shape index (κ3) is 2.89. The first-order chi connectivity index (χ1) is 9.81. The standard InChI is InChI=1S/C13H11N5OS/c19-13(15-8-9-3-5-14-6-4-9)16-10-1-2-11-12(7-10)20-18-17-11/h1-7H,8H2,(H2,15,16,19). The van der Waals surface area contributed by atoms with Crippen LogP contribution >= 0.6 is 11.5 Å². The van der Waals surface area contributed by atoms with Crippen molar-refractivity contribution < 1.29 is 4.79 Å². The lowest BCUT2D eigenvalue weighted by molar-refractivity contribution is 0.251. The van der Waals surface area contributed by atoms with E-state index in [1.807, 2.05) is 24.3 Å². The van der Waals surface area contributed by atoms with Crippen molar-refractivity contribution in [3.63, 3.8) is 0 Å². The molecule has 20 heavy (non-hydrogen) atoms. The van der Waals surface area contributed by atoms with E-state index in [0.29, 0.717) is 6.54 Å². The van der Waals surface area contributed by atoms with Crippen LogP contribution in [0.25, 0.3) is 10.2 Å². The molecule has 0 aliphatic heterocycles. The fraction of sp³-hybridized carbons (Fsp3) is 0.0769. The van der Waals surface area contributed by atoms with Crippen molar-refractivity contribution in [1.29, 1.82) is 0 Å². The molecule has 0 saturated carbocycles. The van der Waals surface area contributed by atoms with Crippen LogP contribution in [-0.2, 0) is 6.54 Å². The number of benzene rings is 1. The Hall–Kier alpha value is -2.54. The van der Waals surface area contributed by atoms with Crippen LogP contribution < -0.4 is 10.6 Å². The molecule has 0 saturated heterocycles. The Kier molecular flexibility index (Phi) is 3.51. The molecule has 0 atom stereocenters. The van der Waals surface area contributed by atoms with Crippen LogP contribution in [0.3, 0.4) is 0 Å². The molecule has 2 N–H and O–H groups in total. The van der Waals surface area contributed by atoms with E-state index in [0.717, 1.165) is 21.5 Å². The number of urea groups is 1. The molecule has 3 aromatic rings. The van der Waals surface area contributed by atoms with Crippen LogP contribution in [0.2, 0.25) is 0 Å². The second-order valence-electron chi connectivity index (χ2n) is 4.12. The molecule has 0 aliphatic carbocycles. The highest BCUT2D eigenvalue weighted by Crippen LogP contribution is 2.19. The first kappa shape index (κ1) is 12.5. The van der Waals surface area contributed by atoms with Crippen molar-refractivity contribution in [2.24, 2.45) is 0 Å². The van der Waals surface area contributed by atoms with Gasteiger partial charge in [-0.05, 0) is 47.4 Å². The molecule has 7 heteroatoms. The molecule has 2 aromatic heterocycles. The summed E-state index contributed by atoms with van der Waals surface area (Å²) in [6, 6.07) is 8.95. The van der Waals surface area contributed by atoms with E-state index in [1.54, 1.807) is 18.5 Å². The molecule has 0 aliphatic rings. The van der Waals surface area contributed by atoms with Gasteiger partial charge in [0, 0.05) is 24.6 Å². The van der Waals surface area contributed by atoms with Crippen molar-refractivity contribution in [3.05, 3.63) is 48.3 Å². The molecule has 0 bridgehead atoms. The fourth-order valence-electron chi connectivity index (χ4n) is 1.71. The van der Waals surface area contributed by atoms with Crippen molar-refractivity contribution >= 4 is 33.5 Å². The number of rotatable bonds is 3. The zero-order valence-corrected chi connectivity index (χ0v) is 11.2. The number of fused-ring (bicyclic) bond motifs is 1. The van der Waals surface area contributed by atoms with Gasteiger partial charge in [-0.25, -0.2) is 4.79 Å². The van der Waals surface area contributed by atoms with Crippen LogP contribution in [0.4, 0.5) is 10.5 Å². The van der Waals surface area contributed by atoms with Gasteiger partial charge in [0.25, 0.3) is 0 Å². The molecule has 2 heterocycles. The summed E-state index contributed by atoms with van der Waals surface area (Å²) < 4.78 is 4.80. The second-order valence-corrected chi connectivity index (χ2v) is 4.90. The summed E-state index contributed by atoms with van der Waals surface area (Å²) in [7, 11) is 0. The van der Waals surface area contributed by atoms with Crippen LogP contribution in [0.5, 0.6) is 0 Å². The highest BCUT2D eigenvalue weighted by molar-refractivity contribution is 7.12. The van der Waals surface area contributed by atoms with Gasteiger partial charge in [-0.3, -0.25) is 4.98 Å². The Morgan fingerprint density at radius 1 is 1.20 bits per heavy atom. The van der Waals surface area contributed by atoms with E-state index >= 15 is 0 Å². The monoisotopic (exact) mass is 285 g/mol. The highest BCUT2D eigenvalue weighted by Gasteiger charge is 2.04. The maximum Gasteiger partial charge on any atom is 0.319 e. The lowest BCUT2D eigenvalue weighted by Crippen LogP contribution is -2.28. The van der Waals surface area contributed by atoms with E-state index in [4.69, 9.17) is 0 Å². The van der Waals surface area contributed by atoms with Gasteiger partial charge in [0.05, 0.1) is 4.70 Å². The minimum absolute atomic E-state index is 0.251. The molecule has 6 nitrogen and oxygen atoms in total. The maximum absolute atomic E-state index is 11.8. The topological polar surface area (TPSA) is 79.8 Å². The number of carbonyl (C=O) groups excluding carboxylic acids is 1.